The van der Waals surface area contributed by atoms with Crippen molar-refractivity contribution < 1.29 is 30.3 Å². The number of aliphatic hydroxyl groups is 5. The highest BCUT2D eigenvalue weighted by molar-refractivity contribution is 5.83. The molecule has 0 bridgehead atoms. The Kier molecular flexibility index (Phi) is 6.70. The minimum Gasteiger partial charge on any atom is -0.394 e. The van der Waals surface area contributed by atoms with E-state index >= 15 is 0 Å². The van der Waals surface area contributed by atoms with Crippen LogP contribution in [0.3, 0.4) is 0 Å². The number of aliphatic hydroxyl groups excluding tert-OH is 5. The largest absolute Gasteiger partial charge is 0.394 e. The first kappa shape index (κ1) is 15.5. The van der Waals surface area contributed by atoms with Gasteiger partial charge in [0.2, 0.25) is 0 Å². The lowest BCUT2D eigenvalue weighted by atomic mass is 9.96. The minimum atomic E-state index is -1.80. The minimum absolute atomic E-state index is 0.0225. The van der Waals surface area contributed by atoms with Gasteiger partial charge in [0.1, 0.15) is 24.4 Å². The van der Waals surface area contributed by atoms with Crippen molar-refractivity contribution in [2.75, 3.05) is 6.61 Å². The first-order valence-electron chi connectivity index (χ1n) is 5.17. The van der Waals surface area contributed by atoms with Crippen LogP contribution in [0.2, 0.25) is 0 Å². The van der Waals surface area contributed by atoms with Gasteiger partial charge < -0.3 is 25.5 Å². The number of hydrogen-bond donors (Lipinski definition) is 5. The summed E-state index contributed by atoms with van der Waals surface area (Å²) in [7, 11) is 0. The van der Waals surface area contributed by atoms with Gasteiger partial charge in [0.05, 0.1) is 6.61 Å². The van der Waals surface area contributed by atoms with Crippen LogP contribution in [-0.4, -0.2) is 62.3 Å². The Morgan fingerprint density at radius 1 is 1.06 bits per heavy atom. The molecule has 0 fully saturated rings. The van der Waals surface area contributed by atoms with E-state index in [0.29, 0.717) is 0 Å². The molecule has 4 atom stereocenters. The van der Waals surface area contributed by atoms with Crippen LogP contribution in [0.25, 0.3) is 0 Å². The van der Waals surface area contributed by atoms with Crippen molar-refractivity contribution in [3.63, 3.8) is 0 Å². The van der Waals surface area contributed by atoms with Crippen molar-refractivity contribution in [1.29, 1.82) is 0 Å². The van der Waals surface area contributed by atoms with E-state index in [1.165, 1.54) is 0 Å². The maximum absolute atomic E-state index is 11.3. The van der Waals surface area contributed by atoms with Gasteiger partial charge in [-0.25, -0.2) is 0 Å². The van der Waals surface area contributed by atoms with Crippen LogP contribution in [0.15, 0.2) is 0 Å². The van der Waals surface area contributed by atoms with Gasteiger partial charge in [0, 0.05) is 6.42 Å². The van der Waals surface area contributed by atoms with Crippen molar-refractivity contribution in [2.45, 2.75) is 44.7 Å². The molecule has 0 aromatic rings. The van der Waals surface area contributed by atoms with Gasteiger partial charge in [-0.1, -0.05) is 13.8 Å². The van der Waals surface area contributed by atoms with Gasteiger partial charge >= 0.3 is 0 Å². The Morgan fingerprint density at radius 3 is 1.94 bits per heavy atom. The molecule has 0 aliphatic rings. The predicted molar refractivity (Wildman–Crippen MR) is 55.6 cm³/mol. The summed E-state index contributed by atoms with van der Waals surface area (Å²) in [6.07, 6.45) is -6.82. The van der Waals surface area contributed by atoms with Gasteiger partial charge in [-0.15, -0.1) is 0 Å². The average molecular weight is 236 g/mol. The topological polar surface area (TPSA) is 118 Å². The molecule has 0 aliphatic heterocycles. The molecule has 0 radical (unpaired) electrons. The van der Waals surface area contributed by atoms with E-state index in [1.807, 2.05) is 0 Å². The molecule has 0 amide bonds. The molecule has 0 unspecified atom stereocenters. The van der Waals surface area contributed by atoms with Gasteiger partial charge in [0.15, 0.2) is 5.78 Å². The summed E-state index contributed by atoms with van der Waals surface area (Å²) in [6.45, 7) is 2.79. The quantitative estimate of drug-likeness (QED) is 0.350. The fourth-order valence-corrected chi connectivity index (χ4v) is 1.24. The summed E-state index contributed by atoms with van der Waals surface area (Å²) in [5.74, 6) is -0.582. The van der Waals surface area contributed by atoms with E-state index in [9.17, 15) is 20.1 Å². The SMILES string of the molecule is CC(C)CC(=O)[C@H](O)[C@@H](O)[C@@H](O)[C@H](O)CO. The summed E-state index contributed by atoms with van der Waals surface area (Å²) in [6, 6.07) is 0. The van der Waals surface area contributed by atoms with Crippen LogP contribution >= 0.6 is 0 Å². The van der Waals surface area contributed by atoms with E-state index < -0.39 is 36.8 Å². The first-order valence-corrected chi connectivity index (χ1v) is 5.17. The highest BCUT2D eigenvalue weighted by Gasteiger charge is 2.33. The van der Waals surface area contributed by atoms with Crippen LogP contribution in [0.1, 0.15) is 20.3 Å². The predicted octanol–water partition coefficient (Wildman–Crippen LogP) is -1.96. The highest BCUT2D eigenvalue weighted by atomic mass is 16.4. The molecule has 0 saturated heterocycles. The normalized spacial score (nSPS) is 19.2. The van der Waals surface area contributed by atoms with Gasteiger partial charge in [0.25, 0.3) is 0 Å². The summed E-state index contributed by atoms with van der Waals surface area (Å²) in [5.41, 5.74) is 0. The van der Waals surface area contributed by atoms with Crippen LogP contribution in [-0.2, 0) is 4.79 Å². The van der Waals surface area contributed by atoms with E-state index in [0.717, 1.165) is 0 Å². The second kappa shape index (κ2) is 6.93. The molecule has 0 aliphatic carbocycles. The third-order valence-electron chi connectivity index (χ3n) is 2.19. The molecule has 5 N–H and O–H groups in total. The van der Waals surface area contributed by atoms with Crippen LogP contribution in [0, 0.1) is 5.92 Å². The van der Waals surface area contributed by atoms with Crippen molar-refractivity contribution >= 4 is 5.78 Å². The van der Waals surface area contributed by atoms with Crippen LogP contribution < -0.4 is 0 Å². The lowest BCUT2D eigenvalue weighted by Crippen LogP contribution is -2.48. The monoisotopic (exact) mass is 236 g/mol. The van der Waals surface area contributed by atoms with Crippen molar-refractivity contribution in [2.24, 2.45) is 5.92 Å². The summed E-state index contributed by atoms with van der Waals surface area (Å²) in [4.78, 5) is 11.3. The van der Waals surface area contributed by atoms with E-state index in [1.54, 1.807) is 13.8 Å². The van der Waals surface area contributed by atoms with E-state index in [-0.39, 0.29) is 12.3 Å². The van der Waals surface area contributed by atoms with Crippen molar-refractivity contribution in [3.05, 3.63) is 0 Å². The molecular formula is C10H20O6. The fourth-order valence-electron chi connectivity index (χ4n) is 1.24. The Labute approximate surface area is 94.2 Å². The number of hydrogen-bond acceptors (Lipinski definition) is 6. The zero-order valence-corrected chi connectivity index (χ0v) is 9.45. The van der Waals surface area contributed by atoms with Crippen LogP contribution in [0.4, 0.5) is 0 Å². The molecule has 0 rings (SSSR count). The zero-order chi connectivity index (χ0) is 12.9. The fraction of sp³-hybridized carbons (Fsp3) is 0.900. The lowest BCUT2D eigenvalue weighted by molar-refractivity contribution is -0.147. The maximum Gasteiger partial charge on any atom is 0.164 e. The molecule has 6 heteroatoms. The standard InChI is InChI=1S/C10H20O6/c1-5(2)3-6(12)8(14)10(16)9(15)7(13)4-11/h5,7-11,13-16H,3-4H2,1-2H3/t7-,8+,9+,10-/m1/s1. The lowest BCUT2D eigenvalue weighted by Gasteiger charge is -2.25. The molecule has 0 saturated carbocycles. The number of Topliss-reactive ketones (excluding diaryl/α,β-unsaturated/α-hetero) is 1. The average Bonchev–Trinajstić information content (AvgIpc) is 2.23. The molecule has 0 spiro atoms. The molecule has 16 heavy (non-hydrogen) atoms. The zero-order valence-electron chi connectivity index (χ0n) is 9.45. The highest BCUT2D eigenvalue weighted by Crippen LogP contribution is 2.10. The molecule has 0 aromatic heterocycles. The van der Waals surface area contributed by atoms with Crippen molar-refractivity contribution in [3.8, 4) is 0 Å². The molecule has 96 valence electrons. The van der Waals surface area contributed by atoms with Crippen molar-refractivity contribution in [1.82, 2.24) is 0 Å². The summed E-state index contributed by atoms with van der Waals surface area (Å²) >= 11 is 0. The van der Waals surface area contributed by atoms with Gasteiger partial charge in [-0.05, 0) is 5.92 Å². The summed E-state index contributed by atoms with van der Waals surface area (Å²) < 4.78 is 0. The van der Waals surface area contributed by atoms with Gasteiger partial charge in [-0.3, -0.25) is 4.79 Å². The first-order chi connectivity index (χ1) is 7.31. The van der Waals surface area contributed by atoms with Crippen LogP contribution in [0.5, 0.6) is 0 Å². The Bertz CT molecular complexity index is 217. The number of carbonyl (C=O) groups excluding carboxylic acids is 1. The van der Waals surface area contributed by atoms with E-state index in [2.05, 4.69) is 0 Å². The Balaban J connectivity index is 4.36. The molecule has 0 aromatic carbocycles. The third-order valence-corrected chi connectivity index (χ3v) is 2.19. The van der Waals surface area contributed by atoms with E-state index in [4.69, 9.17) is 10.2 Å². The molecular weight excluding hydrogens is 216 g/mol. The number of ketones is 1. The number of carbonyl (C=O) groups is 1. The second-order valence-electron chi connectivity index (χ2n) is 4.24. The van der Waals surface area contributed by atoms with Gasteiger partial charge in [-0.2, -0.15) is 0 Å². The smallest absolute Gasteiger partial charge is 0.164 e. The Hall–Kier alpha value is -0.530. The molecule has 6 nitrogen and oxygen atoms in total. The Morgan fingerprint density at radius 2 is 1.56 bits per heavy atom. The summed E-state index contributed by atoms with van der Waals surface area (Å²) in [5, 5.41) is 45.6. The number of rotatable bonds is 7. The second-order valence-corrected chi connectivity index (χ2v) is 4.24. The molecule has 0 heterocycles. The third kappa shape index (κ3) is 4.54. The maximum atomic E-state index is 11.3.